The minimum absolute atomic E-state index is 0.0981. The number of ether oxygens (including phenoxy) is 2. The Hall–Kier alpha value is -2.74. The largest absolute Gasteiger partial charge is 0.497 e. The first-order chi connectivity index (χ1) is 14.2. The number of carbonyl (C=O) groups is 1. The van der Waals surface area contributed by atoms with Crippen LogP contribution in [0.4, 0.5) is 5.69 Å². The molecule has 0 saturated carbocycles. The van der Waals surface area contributed by atoms with Gasteiger partial charge in [0.2, 0.25) is 5.91 Å². The zero-order valence-electron chi connectivity index (χ0n) is 18.1. The summed E-state index contributed by atoms with van der Waals surface area (Å²) >= 11 is 0. The molecule has 1 N–H and O–H groups in total. The van der Waals surface area contributed by atoms with E-state index in [2.05, 4.69) is 19.2 Å². The fourth-order valence-corrected chi connectivity index (χ4v) is 4.25. The number of nitrogens with one attached hydrogen (secondary N) is 1. The molecule has 0 unspecified atom stereocenters. The van der Waals surface area contributed by atoms with Gasteiger partial charge in [-0.05, 0) is 43.5 Å². The summed E-state index contributed by atoms with van der Waals surface area (Å²) in [5.74, 6) is 0.855. The second-order valence-electron chi connectivity index (χ2n) is 7.39. The lowest BCUT2D eigenvalue weighted by atomic mass is 10.1. The molecule has 7 nitrogen and oxygen atoms in total. The number of hydrogen-bond donors (Lipinski definition) is 1. The fourth-order valence-electron chi connectivity index (χ4n) is 2.81. The summed E-state index contributed by atoms with van der Waals surface area (Å²) in [5, 5.41) is 2.80. The first kappa shape index (κ1) is 23.5. The average molecular weight is 435 g/mol. The van der Waals surface area contributed by atoms with Gasteiger partial charge >= 0.3 is 0 Å². The number of aryl methyl sites for hydroxylation is 1. The quantitative estimate of drug-likeness (QED) is 0.620. The van der Waals surface area contributed by atoms with Crippen LogP contribution in [0.3, 0.4) is 0 Å². The lowest BCUT2D eigenvalue weighted by molar-refractivity contribution is -0.119. The van der Waals surface area contributed by atoms with Crippen molar-refractivity contribution in [3.8, 4) is 11.5 Å². The molecule has 1 amide bonds. The summed E-state index contributed by atoms with van der Waals surface area (Å²) in [7, 11) is -1.05. The first-order valence-corrected chi connectivity index (χ1v) is 11.2. The van der Waals surface area contributed by atoms with Crippen molar-refractivity contribution in [1.29, 1.82) is 0 Å². The molecule has 0 atom stereocenters. The second kappa shape index (κ2) is 10.3. The number of rotatable bonds is 10. The normalized spacial score (nSPS) is 11.3. The number of carbonyl (C=O) groups excluding carboxylic acids is 1. The van der Waals surface area contributed by atoms with Crippen LogP contribution in [0.15, 0.2) is 47.4 Å². The van der Waals surface area contributed by atoms with Gasteiger partial charge in [0, 0.05) is 12.6 Å². The Morgan fingerprint density at radius 3 is 2.30 bits per heavy atom. The maximum atomic E-state index is 13.4. The Labute approximate surface area is 179 Å². The Morgan fingerprint density at radius 1 is 1.07 bits per heavy atom. The third-order valence-corrected chi connectivity index (χ3v) is 6.37. The number of anilines is 1. The van der Waals surface area contributed by atoms with Gasteiger partial charge in [-0.3, -0.25) is 9.10 Å². The SMILES string of the molecule is COc1ccc(N(CC(=O)NCCC(C)C)S(=O)(=O)c2ccc(C)cc2)c(OC)c1. The molecule has 0 saturated heterocycles. The van der Waals surface area contributed by atoms with Crippen LogP contribution in [0, 0.1) is 12.8 Å². The molecule has 0 fully saturated rings. The molecule has 0 aromatic heterocycles. The lowest BCUT2D eigenvalue weighted by Crippen LogP contribution is -2.41. The van der Waals surface area contributed by atoms with Crippen LogP contribution in [0.5, 0.6) is 11.5 Å². The van der Waals surface area contributed by atoms with Crippen molar-refractivity contribution in [3.63, 3.8) is 0 Å². The van der Waals surface area contributed by atoms with Crippen LogP contribution >= 0.6 is 0 Å². The van der Waals surface area contributed by atoms with Crippen LogP contribution < -0.4 is 19.1 Å². The number of benzene rings is 2. The van der Waals surface area contributed by atoms with Gasteiger partial charge in [-0.25, -0.2) is 8.42 Å². The molecule has 2 aromatic carbocycles. The highest BCUT2D eigenvalue weighted by Gasteiger charge is 2.29. The van der Waals surface area contributed by atoms with E-state index in [1.165, 1.54) is 26.4 Å². The highest BCUT2D eigenvalue weighted by molar-refractivity contribution is 7.92. The zero-order chi connectivity index (χ0) is 22.3. The van der Waals surface area contributed by atoms with E-state index in [4.69, 9.17) is 9.47 Å². The van der Waals surface area contributed by atoms with E-state index in [0.29, 0.717) is 24.0 Å². The molecular formula is C22H30N2O5S. The summed E-state index contributed by atoms with van der Waals surface area (Å²) in [6.45, 7) is 6.11. The minimum atomic E-state index is -4.01. The fraction of sp³-hybridized carbons (Fsp3) is 0.409. The molecule has 0 heterocycles. The third kappa shape index (κ3) is 5.89. The van der Waals surface area contributed by atoms with Gasteiger partial charge < -0.3 is 14.8 Å². The predicted octanol–water partition coefficient (Wildman–Crippen LogP) is 3.37. The molecule has 8 heteroatoms. The Bertz CT molecular complexity index is 956. The summed E-state index contributed by atoms with van der Waals surface area (Å²) in [6.07, 6.45) is 0.808. The third-order valence-electron chi connectivity index (χ3n) is 4.60. The van der Waals surface area contributed by atoms with Gasteiger partial charge in [0.25, 0.3) is 10.0 Å². The van der Waals surface area contributed by atoms with Crippen LogP contribution in [-0.4, -0.2) is 41.6 Å². The molecule has 2 aromatic rings. The van der Waals surface area contributed by atoms with Crippen LogP contribution in [-0.2, 0) is 14.8 Å². The molecule has 0 radical (unpaired) electrons. The Balaban J connectivity index is 2.45. The van der Waals surface area contributed by atoms with Crippen LogP contribution in [0.2, 0.25) is 0 Å². The maximum Gasteiger partial charge on any atom is 0.264 e. The smallest absolute Gasteiger partial charge is 0.264 e. The molecule has 0 aliphatic carbocycles. The summed E-state index contributed by atoms with van der Waals surface area (Å²) in [4.78, 5) is 12.7. The molecule has 2 rings (SSSR count). The van der Waals surface area contributed by atoms with E-state index in [1.54, 1.807) is 30.3 Å². The van der Waals surface area contributed by atoms with Crippen molar-refractivity contribution in [2.75, 3.05) is 31.6 Å². The van der Waals surface area contributed by atoms with E-state index in [1.807, 2.05) is 6.92 Å². The van der Waals surface area contributed by atoms with Crippen LogP contribution in [0.1, 0.15) is 25.8 Å². The summed E-state index contributed by atoms with van der Waals surface area (Å²) < 4.78 is 38.6. The lowest BCUT2D eigenvalue weighted by Gasteiger charge is -2.26. The van der Waals surface area contributed by atoms with Gasteiger partial charge in [0.15, 0.2) is 0 Å². The molecule has 0 aliphatic rings. The average Bonchev–Trinajstić information content (AvgIpc) is 2.71. The number of hydrogen-bond acceptors (Lipinski definition) is 5. The first-order valence-electron chi connectivity index (χ1n) is 9.77. The monoisotopic (exact) mass is 434 g/mol. The van der Waals surface area contributed by atoms with E-state index in [9.17, 15) is 13.2 Å². The van der Waals surface area contributed by atoms with Crippen molar-refractivity contribution in [2.45, 2.75) is 32.1 Å². The van der Waals surface area contributed by atoms with E-state index in [-0.39, 0.29) is 23.0 Å². The van der Waals surface area contributed by atoms with E-state index in [0.717, 1.165) is 16.3 Å². The van der Waals surface area contributed by atoms with Gasteiger partial charge in [-0.2, -0.15) is 0 Å². The van der Waals surface area contributed by atoms with Crippen molar-refractivity contribution in [1.82, 2.24) is 5.32 Å². The van der Waals surface area contributed by atoms with Gasteiger partial charge in [0.05, 0.1) is 24.8 Å². The number of amides is 1. The molecule has 0 bridgehead atoms. The number of nitrogens with zero attached hydrogens (tertiary/aromatic N) is 1. The molecule has 30 heavy (non-hydrogen) atoms. The highest BCUT2D eigenvalue weighted by atomic mass is 32.2. The number of methoxy groups -OCH3 is 2. The van der Waals surface area contributed by atoms with Crippen molar-refractivity contribution in [3.05, 3.63) is 48.0 Å². The Kier molecular flexibility index (Phi) is 8.11. The predicted molar refractivity (Wildman–Crippen MR) is 118 cm³/mol. The standard InChI is InChI=1S/C22H30N2O5S/c1-16(2)12-13-23-22(25)15-24(20-11-8-18(28-4)14-21(20)29-5)30(26,27)19-9-6-17(3)7-10-19/h6-11,14,16H,12-13,15H2,1-5H3,(H,23,25). The van der Waals surface area contributed by atoms with Crippen LogP contribution in [0.25, 0.3) is 0 Å². The summed E-state index contributed by atoms with van der Waals surface area (Å²) in [5.41, 5.74) is 1.20. The summed E-state index contributed by atoms with van der Waals surface area (Å²) in [6, 6.07) is 11.3. The maximum absolute atomic E-state index is 13.4. The van der Waals surface area contributed by atoms with Crippen molar-refractivity contribution in [2.24, 2.45) is 5.92 Å². The highest BCUT2D eigenvalue weighted by Crippen LogP contribution is 2.35. The molecule has 164 valence electrons. The zero-order valence-corrected chi connectivity index (χ0v) is 19.0. The minimum Gasteiger partial charge on any atom is -0.497 e. The van der Waals surface area contributed by atoms with Crippen molar-refractivity contribution < 1.29 is 22.7 Å². The molecule has 0 aliphatic heterocycles. The van der Waals surface area contributed by atoms with Gasteiger partial charge in [0.1, 0.15) is 18.0 Å². The van der Waals surface area contributed by atoms with Crippen molar-refractivity contribution >= 4 is 21.6 Å². The second-order valence-corrected chi connectivity index (χ2v) is 9.26. The van der Waals surface area contributed by atoms with E-state index < -0.39 is 10.0 Å². The van der Waals surface area contributed by atoms with Gasteiger partial charge in [-0.15, -0.1) is 0 Å². The van der Waals surface area contributed by atoms with Gasteiger partial charge in [-0.1, -0.05) is 31.5 Å². The topological polar surface area (TPSA) is 84.9 Å². The number of sulfonamides is 1. The Morgan fingerprint density at radius 2 is 1.73 bits per heavy atom. The molecular weight excluding hydrogens is 404 g/mol. The molecule has 0 spiro atoms. The van der Waals surface area contributed by atoms with E-state index >= 15 is 0 Å².